The van der Waals surface area contributed by atoms with Gasteiger partial charge in [0, 0.05) is 22.7 Å². The summed E-state index contributed by atoms with van der Waals surface area (Å²) in [4.78, 5) is 15.1. The zero-order valence-electron chi connectivity index (χ0n) is 11.9. The van der Waals surface area contributed by atoms with Gasteiger partial charge in [0.05, 0.1) is 5.69 Å². The summed E-state index contributed by atoms with van der Waals surface area (Å²) < 4.78 is 1.08. The number of benzene rings is 1. The molecule has 0 saturated heterocycles. The lowest BCUT2D eigenvalue weighted by molar-refractivity contribution is 0.0723. The fourth-order valence-electron chi connectivity index (χ4n) is 2.26. The fourth-order valence-corrected chi connectivity index (χ4v) is 3.32. The second-order valence-electron chi connectivity index (χ2n) is 5.03. The van der Waals surface area contributed by atoms with Crippen molar-refractivity contribution in [3.63, 3.8) is 0 Å². The minimum Gasteiger partial charge on any atom is -0.397 e. The minimum absolute atomic E-state index is 0.0360. The van der Waals surface area contributed by atoms with Crippen LogP contribution in [-0.2, 0) is 0 Å². The van der Waals surface area contributed by atoms with Crippen LogP contribution in [0, 0.1) is 6.92 Å². The Bertz CT molecular complexity index is 616. The number of nitrogens with zero attached hydrogens (tertiary/aromatic N) is 1. The van der Waals surface area contributed by atoms with Crippen molar-refractivity contribution in [2.75, 3.05) is 12.3 Å². The molecule has 1 heterocycles. The van der Waals surface area contributed by atoms with E-state index in [4.69, 9.17) is 5.73 Å². The molecule has 0 aliphatic heterocycles. The van der Waals surface area contributed by atoms with Crippen LogP contribution in [0.15, 0.2) is 18.2 Å². The number of nitrogen functional groups attached to an aromatic ring is 1. The van der Waals surface area contributed by atoms with E-state index in [2.05, 4.69) is 0 Å². The Morgan fingerprint density at radius 2 is 2.11 bits per heavy atom. The summed E-state index contributed by atoms with van der Waals surface area (Å²) in [7, 11) is 0. The van der Waals surface area contributed by atoms with Gasteiger partial charge in [0.1, 0.15) is 4.88 Å². The smallest absolute Gasteiger partial charge is 0.266 e. The highest BCUT2D eigenvalue weighted by atomic mass is 32.1. The van der Waals surface area contributed by atoms with Crippen molar-refractivity contribution in [2.45, 2.75) is 33.7 Å². The Labute approximate surface area is 118 Å². The molecule has 0 radical (unpaired) electrons. The molecule has 2 rings (SSSR count). The molecule has 2 N–H and O–H groups in total. The molecule has 0 saturated carbocycles. The number of thiophene rings is 1. The predicted octanol–water partition coefficient (Wildman–Crippen LogP) is 3.66. The van der Waals surface area contributed by atoms with E-state index in [0.717, 1.165) is 15.6 Å². The SMILES string of the molecule is CCN(C(=O)c1sc2ccc(C)cc2c1N)C(C)C. The highest BCUT2D eigenvalue weighted by Gasteiger charge is 2.22. The van der Waals surface area contributed by atoms with E-state index in [9.17, 15) is 4.79 Å². The molecule has 4 heteroatoms. The average molecular weight is 276 g/mol. The first kappa shape index (κ1) is 13.9. The number of hydrogen-bond donors (Lipinski definition) is 1. The van der Waals surface area contributed by atoms with E-state index in [1.807, 2.05) is 50.8 Å². The third-order valence-electron chi connectivity index (χ3n) is 3.30. The summed E-state index contributed by atoms with van der Waals surface area (Å²) in [6.45, 7) is 8.77. The summed E-state index contributed by atoms with van der Waals surface area (Å²) >= 11 is 1.49. The van der Waals surface area contributed by atoms with Gasteiger partial charge in [-0.05, 0) is 39.8 Å². The van der Waals surface area contributed by atoms with Crippen molar-refractivity contribution in [2.24, 2.45) is 0 Å². The van der Waals surface area contributed by atoms with Crippen molar-refractivity contribution in [3.8, 4) is 0 Å². The molecule has 2 aromatic rings. The van der Waals surface area contributed by atoms with Gasteiger partial charge in [0.25, 0.3) is 5.91 Å². The van der Waals surface area contributed by atoms with Gasteiger partial charge >= 0.3 is 0 Å². The van der Waals surface area contributed by atoms with Crippen LogP contribution in [0.25, 0.3) is 10.1 Å². The van der Waals surface area contributed by atoms with Crippen LogP contribution in [0.1, 0.15) is 36.0 Å². The summed E-state index contributed by atoms with van der Waals surface area (Å²) in [5, 5.41) is 0.994. The van der Waals surface area contributed by atoms with Gasteiger partial charge in [0.15, 0.2) is 0 Å². The maximum atomic E-state index is 12.5. The molecule has 3 nitrogen and oxygen atoms in total. The Kier molecular flexibility index (Phi) is 3.80. The van der Waals surface area contributed by atoms with Crippen LogP contribution >= 0.6 is 11.3 Å². The lowest BCUT2D eigenvalue weighted by Crippen LogP contribution is -2.36. The molecule has 0 fully saturated rings. The zero-order valence-corrected chi connectivity index (χ0v) is 12.7. The van der Waals surface area contributed by atoms with Crippen LogP contribution in [0.4, 0.5) is 5.69 Å². The van der Waals surface area contributed by atoms with E-state index < -0.39 is 0 Å². The molecule has 0 spiro atoms. The normalized spacial score (nSPS) is 11.2. The first-order chi connectivity index (χ1) is 8.95. The maximum absolute atomic E-state index is 12.5. The Balaban J connectivity index is 2.51. The first-order valence-electron chi connectivity index (χ1n) is 6.55. The second kappa shape index (κ2) is 5.21. The van der Waals surface area contributed by atoms with E-state index in [0.29, 0.717) is 17.1 Å². The van der Waals surface area contributed by atoms with Crippen molar-refractivity contribution in [1.82, 2.24) is 4.90 Å². The summed E-state index contributed by atoms with van der Waals surface area (Å²) in [6, 6.07) is 6.31. The van der Waals surface area contributed by atoms with Gasteiger partial charge in [0.2, 0.25) is 0 Å². The van der Waals surface area contributed by atoms with Crippen LogP contribution in [0.3, 0.4) is 0 Å². The number of rotatable bonds is 3. The average Bonchev–Trinajstić information content (AvgIpc) is 2.67. The summed E-state index contributed by atoms with van der Waals surface area (Å²) in [5.74, 6) is 0.0360. The van der Waals surface area contributed by atoms with E-state index in [-0.39, 0.29) is 11.9 Å². The zero-order chi connectivity index (χ0) is 14.2. The van der Waals surface area contributed by atoms with Gasteiger partial charge < -0.3 is 10.6 Å². The van der Waals surface area contributed by atoms with Gasteiger partial charge in [-0.1, -0.05) is 11.6 Å². The van der Waals surface area contributed by atoms with Crippen molar-refractivity contribution in [1.29, 1.82) is 0 Å². The number of nitrogens with two attached hydrogens (primary N) is 1. The van der Waals surface area contributed by atoms with Gasteiger partial charge in [-0.3, -0.25) is 4.79 Å². The number of fused-ring (bicyclic) bond motifs is 1. The monoisotopic (exact) mass is 276 g/mol. The molecule has 0 unspecified atom stereocenters. The van der Waals surface area contributed by atoms with E-state index in [1.54, 1.807) is 0 Å². The highest BCUT2D eigenvalue weighted by molar-refractivity contribution is 7.21. The number of carbonyl (C=O) groups is 1. The molecule has 0 atom stereocenters. The molecule has 1 aromatic heterocycles. The minimum atomic E-state index is 0.0360. The first-order valence-corrected chi connectivity index (χ1v) is 7.37. The summed E-state index contributed by atoms with van der Waals surface area (Å²) in [5.41, 5.74) is 7.94. The molecule has 19 heavy (non-hydrogen) atoms. The van der Waals surface area contributed by atoms with Gasteiger partial charge in [-0.2, -0.15) is 0 Å². The Hall–Kier alpha value is -1.55. The fraction of sp³-hybridized carbons (Fsp3) is 0.400. The topological polar surface area (TPSA) is 46.3 Å². The molecular formula is C15H20N2OS. The molecule has 1 aromatic carbocycles. The number of aryl methyl sites for hydroxylation is 1. The van der Waals surface area contributed by atoms with Gasteiger partial charge in [-0.25, -0.2) is 0 Å². The predicted molar refractivity (Wildman–Crippen MR) is 82.8 cm³/mol. The number of amides is 1. The molecule has 102 valence electrons. The standard InChI is InChI=1S/C15H20N2OS/c1-5-17(9(2)3)15(18)14-13(16)11-8-10(4)6-7-12(11)19-14/h6-9H,5,16H2,1-4H3. The molecule has 1 amide bonds. The van der Waals surface area contributed by atoms with Crippen molar-refractivity contribution < 1.29 is 4.79 Å². The molecular weight excluding hydrogens is 256 g/mol. The van der Waals surface area contributed by atoms with Crippen LogP contribution in [0.2, 0.25) is 0 Å². The van der Waals surface area contributed by atoms with Crippen LogP contribution in [-0.4, -0.2) is 23.4 Å². The molecule has 0 aliphatic carbocycles. The third-order valence-corrected chi connectivity index (χ3v) is 4.48. The molecule has 0 aliphatic rings. The van der Waals surface area contributed by atoms with Crippen molar-refractivity contribution >= 4 is 33.0 Å². The lowest BCUT2D eigenvalue weighted by Gasteiger charge is -2.24. The number of hydrogen-bond acceptors (Lipinski definition) is 3. The maximum Gasteiger partial charge on any atom is 0.266 e. The van der Waals surface area contributed by atoms with Crippen LogP contribution < -0.4 is 5.73 Å². The largest absolute Gasteiger partial charge is 0.397 e. The van der Waals surface area contributed by atoms with E-state index >= 15 is 0 Å². The molecule has 0 bridgehead atoms. The van der Waals surface area contributed by atoms with Crippen molar-refractivity contribution in [3.05, 3.63) is 28.6 Å². The Morgan fingerprint density at radius 3 is 2.68 bits per heavy atom. The number of anilines is 1. The summed E-state index contributed by atoms with van der Waals surface area (Å²) in [6.07, 6.45) is 0. The third kappa shape index (κ3) is 2.45. The quantitative estimate of drug-likeness (QED) is 0.930. The van der Waals surface area contributed by atoms with Gasteiger partial charge in [-0.15, -0.1) is 11.3 Å². The second-order valence-corrected chi connectivity index (χ2v) is 6.08. The lowest BCUT2D eigenvalue weighted by atomic mass is 10.1. The van der Waals surface area contributed by atoms with E-state index in [1.165, 1.54) is 11.3 Å². The Morgan fingerprint density at radius 1 is 1.42 bits per heavy atom. The van der Waals surface area contributed by atoms with Crippen LogP contribution in [0.5, 0.6) is 0 Å². The highest BCUT2D eigenvalue weighted by Crippen LogP contribution is 2.35. The number of carbonyl (C=O) groups excluding carboxylic acids is 1.